The van der Waals surface area contributed by atoms with Crippen LogP contribution in [0.25, 0.3) is 0 Å². The number of hydrogen-bond donors (Lipinski definition) is 0. The lowest BCUT2D eigenvalue weighted by atomic mass is 10.2. The van der Waals surface area contributed by atoms with Crippen molar-refractivity contribution in [2.24, 2.45) is 0 Å². The third-order valence-electron chi connectivity index (χ3n) is 1.28. The van der Waals surface area contributed by atoms with Crippen LogP contribution < -0.4 is 0 Å². The summed E-state index contributed by atoms with van der Waals surface area (Å²) in [5, 5.41) is 10.4. The van der Waals surface area contributed by atoms with E-state index in [2.05, 4.69) is 15.9 Å². The average Bonchev–Trinajstić information content (AvgIpc) is 2.03. The molecule has 12 heavy (non-hydrogen) atoms. The molecule has 1 aromatic rings. The molecule has 0 unspecified atom stereocenters. The summed E-state index contributed by atoms with van der Waals surface area (Å²) in [6.45, 7) is 0. The van der Waals surface area contributed by atoms with E-state index in [-0.39, 0.29) is 15.7 Å². The van der Waals surface area contributed by atoms with Crippen LogP contribution in [0.3, 0.4) is 0 Å². The molecule has 1 rings (SSSR count). The topological polar surface area (TPSA) is 60.2 Å². The Labute approximate surface area is 76.5 Å². The number of para-hydroxylation sites is 1. The van der Waals surface area contributed by atoms with Crippen molar-refractivity contribution in [1.82, 2.24) is 0 Å². The van der Waals surface area contributed by atoms with E-state index in [1.54, 1.807) is 0 Å². The number of carbonyl (C=O) groups excluding carboxylic acids is 1. The number of nitro groups is 1. The summed E-state index contributed by atoms with van der Waals surface area (Å²) in [5.74, 6) is 0. The maximum Gasteiger partial charge on any atom is 0.294 e. The van der Waals surface area contributed by atoms with Gasteiger partial charge in [0.05, 0.1) is 9.40 Å². The molecule has 0 atom stereocenters. The SMILES string of the molecule is O=[C]c1cccc(Br)c1[N+](=O)[O-]. The highest BCUT2D eigenvalue weighted by Gasteiger charge is 2.17. The lowest BCUT2D eigenvalue weighted by molar-refractivity contribution is -0.385. The van der Waals surface area contributed by atoms with E-state index in [0.717, 1.165) is 0 Å². The fourth-order valence-corrected chi connectivity index (χ4v) is 1.29. The van der Waals surface area contributed by atoms with Crippen molar-refractivity contribution < 1.29 is 9.72 Å². The van der Waals surface area contributed by atoms with Gasteiger partial charge in [-0.3, -0.25) is 14.9 Å². The van der Waals surface area contributed by atoms with E-state index >= 15 is 0 Å². The van der Waals surface area contributed by atoms with Crippen molar-refractivity contribution in [3.8, 4) is 0 Å². The molecule has 0 bridgehead atoms. The number of nitro benzene ring substituents is 1. The number of nitrogens with zero attached hydrogens (tertiary/aromatic N) is 1. The number of rotatable bonds is 2. The lowest BCUT2D eigenvalue weighted by Crippen LogP contribution is -1.94. The molecule has 0 saturated heterocycles. The standard InChI is InChI=1S/C7H3BrNO3/c8-6-3-1-2-5(4-10)7(6)9(11)12/h1-3H. The van der Waals surface area contributed by atoms with E-state index in [1.807, 2.05) is 0 Å². The fourth-order valence-electron chi connectivity index (χ4n) is 0.783. The number of hydrogen-bond acceptors (Lipinski definition) is 3. The van der Waals surface area contributed by atoms with Crippen molar-refractivity contribution in [2.75, 3.05) is 0 Å². The Bertz CT molecular complexity index is 337. The van der Waals surface area contributed by atoms with Crippen LogP contribution in [-0.4, -0.2) is 11.2 Å². The molecular formula is C7H3BrNO3. The maximum absolute atomic E-state index is 10.4. The quantitative estimate of drug-likeness (QED) is 0.573. The van der Waals surface area contributed by atoms with Crippen molar-refractivity contribution in [1.29, 1.82) is 0 Å². The molecule has 0 saturated carbocycles. The first-order chi connectivity index (χ1) is 5.66. The minimum Gasteiger partial charge on any atom is -0.285 e. The molecule has 0 heterocycles. The summed E-state index contributed by atoms with van der Waals surface area (Å²) in [5.41, 5.74) is -0.290. The zero-order valence-corrected chi connectivity index (χ0v) is 7.37. The van der Waals surface area contributed by atoms with E-state index < -0.39 is 4.92 Å². The summed E-state index contributed by atoms with van der Waals surface area (Å²) in [6, 6.07) is 4.38. The van der Waals surface area contributed by atoms with E-state index in [1.165, 1.54) is 24.5 Å². The second-order valence-corrected chi connectivity index (χ2v) is 2.85. The molecule has 0 aliphatic carbocycles. The van der Waals surface area contributed by atoms with Crippen LogP contribution in [0.2, 0.25) is 0 Å². The Balaban J connectivity index is 3.39. The van der Waals surface area contributed by atoms with Crippen molar-refractivity contribution in [2.45, 2.75) is 0 Å². The van der Waals surface area contributed by atoms with Crippen LogP contribution in [-0.2, 0) is 4.79 Å². The van der Waals surface area contributed by atoms with Crippen molar-refractivity contribution in [3.63, 3.8) is 0 Å². The number of benzene rings is 1. The summed E-state index contributed by atoms with van der Waals surface area (Å²) in [4.78, 5) is 20.0. The summed E-state index contributed by atoms with van der Waals surface area (Å²) >= 11 is 2.97. The van der Waals surface area contributed by atoms with Gasteiger partial charge in [-0.15, -0.1) is 0 Å². The second kappa shape index (κ2) is 3.44. The van der Waals surface area contributed by atoms with Crippen LogP contribution in [0.5, 0.6) is 0 Å². The van der Waals surface area contributed by atoms with Crippen molar-refractivity contribution in [3.05, 3.63) is 38.3 Å². The largest absolute Gasteiger partial charge is 0.294 e. The van der Waals surface area contributed by atoms with Crippen LogP contribution in [0.1, 0.15) is 5.56 Å². The zero-order valence-electron chi connectivity index (χ0n) is 5.78. The molecule has 0 aromatic heterocycles. The van der Waals surface area contributed by atoms with Gasteiger partial charge in [-0.05, 0) is 28.1 Å². The van der Waals surface area contributed by atoms with Gasteiger partial charge >= 0.3 is 0 Å². The zero-order chi connectivity index (χ0) is 9.14. The molecule has 0 N–H and O–H groups in total. The first-order valence-electron chi connectivity index (χ1n) is 2.98. The maximum atomic E-state index is 10.4. The molecule has 61 valence electrons. The van der Waals surface area contributed by atoms with Gasteiger partial charge in [-0.1, -0.05) is 6.07 Å². The van der Waals surface area contributed by atoms with Crippen LogP contribution in [0.4, 0.5) is 5.69 Å². The van der Waals surface area contributed by atoms with Crippen LogP contribution in [0, 0.1) is 10.1 Å². The molecule has 5 heteroatoms. The molecule has 0 spiro atoms. The number of halogens is 1. The highest BCUT2D eigenvalue weighted by atomic mass is 79.9. The third-order valence-corrected chi connectivity index (χ3v) is 1.92. The van der Waals surface area contributed by atoms with Gasteiger partial charge in [-0.2, -0.15) is 0 Å². The van der Waals surface area contributed by atoms with Gasteiger partial charge in [-0.25, -0.2) is 0 Å². The second-order valence-electron chi connectivity index (χ2n) is 2.00. The van der Waals surface area contributed by atoms with E-state index in [4.69, 9.17) is 0 Å². The Morgan fingerprint density at radius 2 is 2.17 bits per heavy atom. The normalized spacial score (nSPS) is 9.42. The first-order valence-corrected chi connectivity index (χ1v) is 3.77. The minimum atomic E-state index is -0.621. The van der Waals surface area contributed by atoms with Gasteiger partial charge in [0.1, 0.15) is 5.56 Å². The molecule has 0 amide bonds. The van der Waals surface area contributed by atoms with Gasteiger partial charge in [0.2, 0.25) is 6.29 Å². The van der Waals surface area contributed by atoms with Gasteiger partial charge in [0, 0.05) is 0 Å². The lowest BCUT2D eigenvalue weighted by Gasteiger charge is -1.95. The minimum absolute atomic E-state index is 0.0469. The molecule has 0 fully saturated rings. The highest BCUT2D eigenvalue weighted by molar-refractivity contribution is 9.10. The smallest absolute Gasteiger partial charge is 0.285 e. The summed E-state index contributed by atoms with van der Waals surface area (Å²) < 4.78 is 0.286. The molecule has 1 radical (unpaired) electrons. The summed E-state index contributed by atoms with van der Waals surface area (Å²) in [7, 11) is 0. The molecular weight excluding hydrogens is 226 g/mol. The monoisotopic (exact) mass is 228 g/mol. The predicted molar refractivity (Wildman–Crippen MR) is 45.6 cm³/mol. The van der Waals surface area contributed by atoms with E-state index in [9.17, 15) is 14.9 Å². The van der Waals surface area contributed by atoms with Crippen LogP contribution >= 0.6 is 15.9 Å². The fraction of sp³-hybridized carbons (Fsp3) is 0. The predicted octanol–water partition coefficient (Wildman–Crippen LogP) is 1.82. The van der Waals surface area contributed by atoms with Gasteiger partial charge < -0.3 is 0 Å². The third kappa shape index (κ3) is 1.50. The molecule has 0 aliphatic rings. The Hall–Kier alpha value is -1.23. The summed E-state index contributed by atoms with van der Waals surface area (Å²) in [6.07, 6.45) is 1.50. The molecule has 1 aromatic carbocycles. The average molecular weight is 229 g/mol. The van der Waals surface area contributed by atoms with Gasteiger partial charge in [0.15, 0.2) is 0 Å². The molecule has 4 nitrogen and oxygen atoms in total. The molecule has 0 aliphatic heterocycles. The van der Waals surface area contributed by atoms with Crippen LogP contribution in [0.15, 0.2) is 22.7 Å². The van der Waals surface area contributed by atoms with Gasteiger partial charge in [0.25, 0.3) is 5.69 Å². The highest BCUT2D eigenvalue weighted by Crippen LogP contribution is 2.26. The Morgan fingerprint density at radius 1 is 1.50 bits per heavy atom. The first kappa shape index (κ1) is 8.86. The van der Waals surface area contributed by atoms with E-state index in [0.29, 0.717) is 0 Å². The van der Waals surface area contributed by atoms with Crippen molar-refractivity contribution >= 4 is 27.9 Å². The Kier molecular flexibility index (Phi) is 2.54. The Morgan fingerprint density at radius 3 is 2.58 bits per heavy atom.